The Kier molecular flexibility index (Phi) is 8.10. The lowest BCUT2D eigenvalue weighted by Gasteiger charge is -2.22. The lowest BCUT2D eigenvalue weighted by atomic mass is 10.2. The van der Waals surface area contributed by atoms with Crippen LogP contribution >= 0.6 is 34.5 Å². The summed E-state index contributed by atoms with van der Waals surface area (Å²) in [5.41, 5.74) is 1.76. The fraction of sp³-hybridized carbons (Fsp3) is 0.368. The fourth-order valence-electron chi connectivity index (χ4n) is 2.42. The van der Waals surface area contributed by atoms with Crippen molar-refractivity contribution in [2.75, 3.05) is 27.2 Å². The van der Waals surface area contributed by atoms with Crippen LogP contribution in [0.1, 0.15) is 22.7 Å². The molecule has 4 nitrogen and oxygen atoms in total. The van der Waals surface area contributed by atoms with Gasteiger partial charge in [0.1, 0.15) is 0 Å². The van der Waals surface area contributed by atoms with Crippen LogP contribution in [0, 0.1) is 6.92 Å². The third-order valence-corrected chi connectivity index (χ3v) is 5.27. The van der Waals surface area contributed by atoms with Crippen LogP contribution in [0.2, 0.25) is 10.0 Å². The van der Waals surface area contributed by atoms with Crippen molar-refractivity contribution in [3.05, 3.63) is 56.0 Å². The number of hydrogen-bond acceptors (Lipinski definition) is 4. The van der Waals surface area contributed by atoms with Gasteiger partial charge in [0.25, 0.3) is 0 Å². The molecule has 0 aliphatic heterocycles. The number of amides is 1. The minimum atomic E-state index is -0.0412. The Morgan fingerprint density at radius 2 is 2.00 bits per heavy atom. The first-order valence-electron chi connectivity index (χ1n) is 8.33. The first-order chi connectivity index (χ1) is 12.3. The van der Waals surface area contributed by atoms with Gasteiger partial charge in [-0.2, -0.15) is 0 Å². The number of halogens is 2. The number of carbonyl (C=O) groups is 1. The van der Waals surface area contributed by atoms with Gasteiger partial charge in [0, 0.05) is 24.5 Å². The Hall–Kier alpha value is -1.40. The predicted octanol–water partition coefficient (Wildman–Crippen LogP) is 4.75. The van der Waals surface area contributed by atoms with Gasteiger partial charge in [-0.05, 0) is 57.8 Å². The van der Waals surface area contributed by atoms with Crippen molar-refractivity contribution in [3.8, 4) is 0 Å². The Labute approximate surface area is 169 Å². The number of aryl methyl sites for hydroxylation is 1. The van der Waals surface area contributed by atoms with E-state index in [4.69, 9.17) is 23.2 Å². The maximum absolute atomic E-state index is 12.7. The maximum Gasteiger partial charge on any atom is 0.246 e. The van der Waals surface area contributed by atoms with E-state index in [9.17, 15) is 4.79 Å². The first-order valence-corrected chi connectivity index (χ1v) is 9.96. The minimum absolute atomic E-state index is 0.0412. The van der Waals surface area contributed by atoms with Gasteiger partial charge in [-0.25, -0.2) is 4.98 Å². The largest absolute Gasteiger partial charge is 0.335 e. The molecule has 26 heavy (non-hydrogen) atoms. The molecule has 0 bridgehead atoms. The molecule has 0 fully saturated rings. The van der Waals surface area contributed by atoms with E-state index >= 15 is 0 Å². The second kappa shape index (κ2) is 10.1. The van der Waals surface area contributed by atoms with Gasteiger partial charge >= 0.3 is 0 Å². The zero-order chi connectivity index (χ0) is 19.1. The molecule has 0 N–H and O–H groups in total. The number of aromatic nitrogens is 1. The van der Waals surface area contributed by atoms with Crippen LogP contribution in [0.5, 0.6) is 0 Å². The van der Waals surface area contributed by atoms with E-state index < -0.39 is 0 Å². The Morgan fingerprint density at radius 3 is 2.62 bits per heavy atom. The third-order valence-electron chi connectivity index (χ3n) is 3.74. The SMILES string of the molecule is Cc1nc(C=CC(=O)N(CCCN(C)C)Cc2ccc(Cl)c(Cl)c2)cs1. The van der Waals surface area contributed by atoms with E-state index in [0.717, 1.165) is 29.2 Å². The topological polar surface area (TPSA) is 36.4 Å². The summed E-state index contributed by atoms with van der Waals surface area (Å²) in [7, 11) is 4.05. The summed E-state index contributed by atoms with van der Waals surface area (Å²) >= 11 is 13.7. The van der Waals surface area contributed by atoms with Crippen LogP contribution in [0.3, 0.4) is 0 Å². The van der Waals surface area contributed by atoms with Crippen molar-refractivity contribution >= 4 is 46.5 Å². The molecule has 1 aromatic heterocycles. The molecule has 7 heteroatoms. The van der Waals surface area contributed by atoms with Crippen molar-refractivity contribution in [1.29, 1.82) is 0 Å². The smallest absolute Gasteiger partial charge is 0.246 e. The third kappa shape index (κ3) is 6.72. The molecule has 140 valence electrons. The molecular formula is C19H23Cl2N3OS. The standard InChI is InChI=1S/C19H23Cl2N3OS/c1-14-22-16(13-26-14)6-8-19(25)24(10-4-9-23(2)3)12-15-5-7-17(20)18(21)11-15/h5-8,11,13H,4,9-10,12H2,1-3H3. The Balaban J connectivity index is 2.09. The first kappa shape index (κ1) is 20.9. The molecule has 0 aliphatic rings. The average Bonchev–Trinajstić information content (AvgIpc) is 3.00. The molecule has 1 heterocycles. The number of rotatable bonds is 8. The summed E-state index contributed by atoms with van der Waals surface area (Å²) in [5.74, 6) is -0.0412. The summed E-state index contributed by atoms with van der Waals surface area (Å²) in [6.45, 7) is 4.02. The van der Waals surface area contributed by atoms with Crippen LogP contribution < -0.4 is 0 Å². The van der Waals surface area contributed by atoms with E-state index in [1.807, 2.05) is 43.4 Å². The molecule has 2 rings (SSSR count). The van der Waals surface area contributed by atoms with E-state index in [1.54, 1.807) is 29.6 Å². The summed E-state index contributed by atoms with van der Waals surface area (Å²) in [6.07, 6.45) is 4.24. The van der Waals surface area contributed by atoms with E-state index in [1.165, 1.54) is 0 Å². The van der Waals surface area contributed by atoms with Gasteiger partial charge in [0.2, 0.25) is 5.91 Å². The van der Waals surface area contributed by atoms with Crippen molar-refractivity contribution in [2.45, 2.75) is 19.9 Å². The lowest BCUT2D eigenvalue weighted by Crippen LogP contribution is -2.31. The van der Waals surface area contributed by atoms with Gasteiger partial charge < -0.3 is 9.80 Å². The van der Waals surface area contributed by atoms with Gasteiger partial charge in [-0.15, -0.1) is 11.3 Å². The van der Waals surface area contributed by atoms with Gasteiger partial charge in [-0.1, -0.05) is 29.3 Å². The number of benzene rings is 1. The van der Waals surface area contributed by atoms with Crippen molar-refractivity contribution in [2.24, 2.45) is 0 Å². The summed E-state index contributed by atoms with van der Waals surface area (Å²) in [4.78, 5) is 21.0. The Morgan fingerprint density at radius 1 is 1.23 bits per heavy atom. The summed E-state index contributed by atoms with van der Waals surface area (Å²) in [6, 6.07) is 5.47. The number of thiazole rings is 1. The highest BCUT2D eigenvalue weighted by Gasteiger charge is 2.12. The van der Waals surface area contributed by atoms with E-state index in [-0.39, 0.29) is 5.91 Å². The number of nitrogens with zero attached hydrogens (tertiary/aromatic N) is 3. The molecule has 2 aromatic rings. The quantitative estimate of drug-likeness (QED) is 0.587. The molecule has 1 aromatic carbocycles. The predicted molar refractivity (Wildman–Crippen MR) is 111 cm³/mol. The molecule has 1 amide bonds. The molecule has 0 unspecified atom stereocenters. The second-order valence-corrected chi connectivity index (χ2v) is 8.17. The summed E-state index contributed by atoms with van der Waals surface area (Å²) < 4.78 is 0. The highest BCUT2D eigenvalue weighted by atomic mass is 35.5. The zero-order valence-corrected chi connectivity index (χ0v) is 17.5. The number of hydrogen-bond donors (Lipinski definition) is 0. The second-order valence-electron chi connectivity index (χ2n) is 6.29. The van der Waals surface area contributed by atoms with Crippen molar-refractivity contribution < 1.29 is 4.79 Å². The summed E-state index contributed by atoms with van der Waals surface area (Å²) in [5, 5.41) is 3.93. The minimum Gasteiger partial charge on any atom is -0.335 e. The molecular weight excluding hydrogens is 389 g/mol. The fourth-order valence-corrected chi connectivity index (χ4v) is 3.32. The molecule has 0 radical (unpaired) electrons. The van der Waals surface area contributed by atoms with Crippen LogP contribution in [-0.4, -0.2) is 47.9 Å². The lowest BCUT2D eigenvalue weighted by molar-refractivity contribution is -0.126. The van der Waals surface area contributed by atoms with Crippen molar-refractivity contribution in [3.63, 3.8) is 0 Å². The highest BCUT2D eigenvalue weighted by Crippen LogP contribution is 2.23. The van der Waals surface area contributed by atoms with Crippen LogP contribution in [0.25, 0.3) is 6.08 Å². The highest BCUT2D eigenvalue weighted by molar-refractivity contribution is 7.09. The molecule has 0 aliphatic carbocycles. The molecule has 0 saturated carbocycles. The van der Waals surface area contributed by atoms with Gasteiger partial charge in [0.05, 0.1) is 20.7 Å². The van der Waals surface area contributed by atoms with Crippen LogP contribution in [-0.2, 0) is 11.3 Å². The maximum atomic E-state index is 12.7. The normalized spacial score (nSPS) is 11.5. The average molecular weight is 412 g/mol. The molecule has 0 atom stereocenters. The van der Waals surface area contributed by atoms with Crippen molar-refractivity contribution in [1.82, 2.24) is 14.8 Å². The Bertz CT molecular complexity index is 774. The van der Waals surface area contributed by atoms with E-state index in [0.29, 0.717) is 23.1 Å². The van der Waals surface area contributed by atoms with Gasteiger partial charge in [-0.3, -0.25) is 4.79 Å². The van der Waals surface area contributed by atoms with Crippen LogP contribution in [0.4, 0.5) is 0 Å². The molecule has 0 saturated heterocycles. The molecule has 0 spiro atoms. The van der Waals surface area contributed by atoms with E-state index in [2.05, 4.69) is 9.88 Å². The number of carbonyl (C=O) groups excluding carboxylic acids is 1. The van der Waals surface area contributed by atoms with Crippen LogP contribution in [0.15, 0.2) is 29.7 Å². The van der Waals surface area contributed by atoms with Gasteiger partial charge in [0.15, 0.2) is 0 Å². The monoisotopic (exact) mass is 411 g/mol. The zero-order valence-electron chi connectivity index (χ0n) is 15.2.